The van der Waals surface area contributed by atoms with Gasteiger partial charge in [-0.15, -0.1) is 0 Å². The Morgan fingerprint density at radius 1 is 0.963 bits per heavy atom. The molecule has 5 rings (SSSR count). The standard InChI is InChI=1S/C24H20N2O/c1-25-22-17(16-8-3-2-4-9-16)13-14-19-18-10-7-11-20(23(18)27-24(19)22)21-12-5-6-15-26-21/h5-7,10-16H,2-4,8-9H2/i16D. The number of para-hydroxylation sites is 1. The van der Waals surface area contributed by atoms with Gasteiger partial charge in [-0.25, -0.2) is 4.85 Å². The van der Waals surface area contributed by atoms with Gasteiger partial charge in [-0.2, -0.15) is 0 Å². The van der Waals surface area contributed by atoms with Gasteiger partial charge in [0.15, 0.2) is 0 Å². The molecule has 1 aliphatic carbocycles. The van der Waals surface area contributed by atoms with Crippen LogP contribution in [-0.2, 0) is 0 Å². The fourth-order valence-corrected chi connectivity index (χ4v) is 4.22. The molecule has 1 fully saturated rings. The van der Waals surface area contributed by atoms with Gasteiger partial charge >= 0.3 is 0 Å². The third-order valence-corrected chi connectivity index (χ3v) is 5.53. The fourth-order valence-electron chi connectivity index (χ4n) is 4.22. The SMILES string of the molecule is [2H]C1(c2ccc3c(oc4c(-c5ccccn5)cccc43)c2[N+]#[C-])CCCCC1. The highest BCUT2D eigenvalue weighted by atomic mass is 16.3. The minimum absolute atomic E-state index is 0.498. The summed E-state index contributed by atoms with van der Waals surface area (Å²) in [4.78, 5) is 8.30. The van der Waals surface area contributed by atoms with E-state index in [-0.39, 0.29) is 0 Å². The van der Waals surface area contributed by atoms with E-state index in [0.29, 0.717) is 11.3 Å². The summed E-state index contributed by atoms with van der Waals surface area (Å²) in [5.41, 5.74) is 4.43. The first-order valence-corrected chi connectivity index (χ1v) is 9.49. The molecule has 132 valence electrons. The molecule has 0 amide bonds. The van der Waals surface area contributed by atoms with Crippen LogP contribution in [0.15, 0.2) is 59.1 Å². The van der Waals surface area contributed by atoms with E-state index in [9.17, 15) is 0 Å². The molecule has 0 atom stereocenters. The molecule has 4 aromatic rings. The summed E-state index contributed by atoms with van der Waals surface area (Å²) in [5.74, 6) is -0.685. The Bertz CT molecular complexity index is 1210. The van der Waals surface area contributed by atoms with Crippen molar-refractivity contribution in [3.8, 4) is 11.3 Å². The number of fused-ring (bicyclic) bond motifs is 3. The molecule has 27 heavy (non-hydrogen) atoms. The molecule has 3 nitrogen and oxygen atoms in total. The lowest BCUT2D eigenvalue weighted by Crippen LogP contribution is -2.04. The number of pyridine rings is 1. The Morgan fingerprint density at radius 2 is 1.81 bits per heavy atom. The zero-order valence-electron chi connectivity index (χ0n) is 16.0. The first-order valence-electron chi connectivity index (χ1n) is 9.99. The van der Waals surface area contributed by atoms with E-state index < -0.39 is 5.89 Å². The van der Waals surface area contributed by atoms with Crippen molar-refractivity contribution >= 4 is 27.6 Å². The van der Waals surface area contributed by atoms with Gasteiger partial charge < -0.3 is 4.42 Å². The Hall–Kier alpha value is -3.12. The van der Waals surface area contributed by atoms with Gasteiger partial charge in [0.2, 0.25) is 5.69 Å². The summed E-state index contributed by atoms with van der Waals surface area (Å²) >= 11 is 0. The maximum Gasteiger partial charge on any atom is 0.232 e. The highest BCUT2D eigenvalue weighted by Crippen LogP contribution is 2.45. The number of rotatable bonds is 2. The molecule has 0 bridgehead atoms. The van der Waals surface area contributed by atoms with E-state index in [0.717, 1.165) is 58.9 Å². The summed E-state index contributed by atoms with van der Waals surface area (Å²) in [5, 5.41) is 1.92. The highest BCUT2D eigenvalue weighted by molar-refractivity contribution is 6.12. The Balaban J connectivity index is 1.79. The molecule has 1 saturated carbocycles. The van der Waals surface area contributed by atoms with Crippen molar-refractivity contribution in [2.24, 2.45) is 0 Å². The normalized spacial score (nSPS) is 16.9. The first kappa shape index (κ1) is 15.0. The zero-order chi connectivity index (χ0) is 19.1. The lowest BCUT2D eigenvalue weighted by Gasteiger charge is -2.23. The monoisotopic (exact) mass is 353 g/mol. The van der Waals surface area contributed by atoms with Gasteiger partial charge in [0, 0.05) is 23.9 Å². The number of aromatic nitrogens is 1. The first-order chi connectivity index (χ1) is 13.7. The quantitative estimate of drug-likeness (QED) is 0.355. The predicted molar refractivity (Wildman–Crippen MR) is 109 cm³/mol. The van der Waals surface area contributed by atoms with Crippen LogP contribution in [0, 0.1) is 6.57 Å². The van der Waals surface area contributed by atoms with Crippen LogP contribution in [0.1, 0.15) is 44.9 Å². The molecule has 3 heteroatoms. The second-order valence-corrected chi connectivity index (χ2v) is 7.11. The molecular formula is C24H20N2O. The van der Waals surface area contributed by atoms with Gasteiger partial charge in [-0.3, -0.25) is 4.98 Å². The lowest BCUT2D eigenvalue weighted by atomic mass is 9.83. The summed E-state index contributed by atoms with van der Waals surface area (Å²) in [6.45, 7) is 7.83. The Labute approximate surface area is 159 Å². The average Bonchev–Trinajstić information content (AvgIpc) is 3.13. The number of hydrogen-bond acceptors (Lipinski definition) is 2. The molecule has 0 radical (unpaired) electrons. The second kappa shape index (κ2) is 6.55. The van der Waals surface area contributed by atoms with Crippen LogP contribution < -0.4 is 0 Å². The van der Waals surface area contributed by atoms with Gasteiger partial charge in [0.25, 0.3) is 0 Å². The molecule has 2 heterocycles. The zero-order valence-corrected chi connectivity index (χ0v) is 15.0. The Kier molecular flexibility index (Phi) is 3.64. The van der Waals surface area contributed by atoms with Gasteiger partial charge in [-0.1, -0.05) is 49.6 Å². The van der Waals surface area contributed by atoms with Crippen LogP contribution in [0.4, 0.5) is 5.69 Å². The van der Waals surface area contributed by atoms with Crippen LogP contribution in [0.3, 0.4) is 0 Å². The molecule has 0 saturated heterocycles. The third kappa shape index (κ3) is 2.61. The summed E-state index contributed by atoms with van der Waals surface area (Å²) < 4.78 is 15.3. The molecular weight excluding hydrogens is 332 g/mol. The molecule has 0 N–H and O–H groups in total. The van der Waals surface area contributed by atoms with Gasteiger partial charge in [0.05, 0.1) is 12.3 Å². The van der Waals surface area contributed by atoms with Crippen LogP contribution in [0.25, 0.3) is 38.0 Å². The predicted octanol–water partition coefficient (Wildman–Crippen LogP) is 7.25. The van der Waals surface area contributed by atoms with Crippen molar-refractivity contribution in [3.63, 3.8) is 0 Å². The third-order valence-electron chi connectivity index (χ3n) is 5.53. The smallest absolute Gasteiger partial charge is 0.232 e. The van der Waals surface area contributed by atoms with Crippen molar-refractivity contribution in [3.05, 3.63) is 71.7 Å². The summed E-state index contributed by atoms with van der Waals surface area (Å²) in [6.07, 6.45) is 6.65. The molecule has 2 aromatic carbocycles. The van der Waals surface area contributed by atoms with Crippen LogP contribution in [-0.4, -0.2) is 4.98 Å². The maximum absolute atomic E-state index is 9.00. The second-order valence-electron chi connectivity index (χ2n) is 7.11. The number of furan rings is 1. The molecule has 0 aliphatic heterocycles. The summed E-state index contributed by atoms with van der Waals surface area (Å²) in [6, 6.07) is 15.8. The number of benzene rings is 2. The van der Waals surface area contributed by atoms with Crippen LogP contribution >= 0.6 is 0 Å². The molecule has 0 unspecified atom stereocenters. The van der Waals surface area contributed by atoms with Crippen molar-refractivity contribution in [2.45, 2.75) is 38.0 Å². The van der Waals surface area contributed by atoms with Gasteiger partial charge in [0.1, 0.15) is 11.2 Å². The minimum Gasteiger partial charge on any atom is -0.466 e. The van der Waals surface area contributed by atoms with Crippen molar-refractivity contribution < 1.29 is 5.79 Å². The highest BCUT2D eigenvalue weighted by Gasteiger charge is 2.23. The average molecular weight is 353 g/mol. The van der Waals surface area contributed by atoms with E-state index >= 15 is 0 Å². The van der Waals surface area contributed by atoms with Gasteiger partial charge in [-0.05, 0) is 42.5 Å². The van der Waals surface area contributed by atoms with Crippen molar-refractivity contribution in [2.75, 3.05) is 0 Å². The lowest BCUT2D eigenvalue weighted by molar-refractivity contribution is 0.444. The van der Waals surface area contributed by atoms with Crippen LogP contribution in [0.2, 0.25) is 0 Å². The summed E-state index contributed by atoms with van der Waals surface area (Å²) in [7, 11) is 0. The number of nitrogens with zero attached hydrogens (tertiary/aromatic N) is 2. The van der Waals surface area contributed by atoms with E-state index in [1.807, 2.05) is 48.5 Å². The van der Waals surface area contributed by atoms with Crippen molar-refractivity contribution in [1.82, 2.24) is 4.98 Å². The Morgan fingerprint density at radius 3 is 2.59 bits per heavy atom. The molecule has 2 aromatic heterocycles. The molecule has 0 spiro atoms. The van der Waals surface area contributed by atoms with E-state index in [1.165, 1.54) is 6.42 Å². The minimum atomic E-state index is -0.685. The fraction of sp³-hybridized carbons (Fsp3) is 0.250. The van der Waals surface area contributed by atoms with E-state index in [4.69, 9.17) is 12.4 Å². The largest absolute Gasteiger partial charge is 0.466 e. The molecule has 1 aliphatic rings. The van der Waals surface area contributed by atoms with Crippen LogP contribution in [0.5, 0.6) is 0 Å². The topological polar surface area (TPSA) is 30.4 Å². The van der Waals surface area contributed by atoms with E-state index in [1.54, 1.807) is 6.20 Å². The number of hydrogen-bond donors (Lipinski definition) is 0. The van der Waals surface area contributed by atoms with E-state index in [2.05, 4.69) is 9.83 Å². The maximum atomic E-state index is 9.00. The van der Waals surface area contributed by atoms with Crippen molar-refractivity contribution in [1.29, 1.82) is 0 Å².